The zero-order chi connectivity index (χ0) is 18.7. The largest absolute Gasteiger partial charge is 0.352 e. The molecule has 0 fully saturated rings. The molecule has 1 N–H and O–H groups in total. The maximum absolute atomic E-state index is 12.2. The van der Waals surface area contributed by atoms with Crippen LogP contribution in [0.1, 0.15) is 34.8 Å². The zero-order valence-corrected chi connectivity index (χ0v) is 15.7. The summed E-state index contributed by atoms with van der Waals surface area (Å²) in [7, 11) is 1.93. The summed E-state index contributed by atoms with van der Waals surface area (Å²) in [6.45, 7) is 6.42. The monoisotopic (exact) mass is 352 g/mol. The second kappa shape index (κ2) is 7.51. The van der Waals surface area contributed by atoms with Crippen molar-refractivity contribution in [1.29, 1.82) is 0 Å². The molecule has 3 aromatic heterocycles. The number of rotatable bonds is 6. The summed E-state index contributed by atoms with van der Waals surface area (Å²) in [6.07, 6.45) is 6.52. The number of hydrogen-bond acceptors (Lipinski definition) is 4. The van der Waals surface area contributed by atoms with E-state index in [9.17, 15) is 4.79 Å². The number of carbonyl (C=O) groups excluding carboxylic acids is 1. The number of imidazole rings is 1. The van der Waals surface area contributed by atoms with Crippen LogP contribution in [-0.4, -0.2) is 30.2 Å². The lowest BCUT2D eigenvalue weighted by Gasteiger charge is -2.08. The fourth-order valence-electron chi connectivity index (χ4n) is 3.03. The van der Waals surface area contributed by atoms with Crippen molar-refractivity contribution in [3.05, 3.63) is 59.1 Å². The fourth-order valence-corrected chi connectivity index (χ4v) is 3.03. The predicted molar refractivity (Wildman–Crippen MR) is 98.9 cm³/mol. The van der Waals surface area contributed by atoms with Gasteiger partial charge in [0.25, 0.3) is 0 Å². The molecule has 136 valence electrons. The minimum atomic E-state index is 0.0322. The van der Waals surface area contributed by atoms with Gasteiger partial charge in [-0.3, -0.25) is 14.0 Å². The van der Waals surface area contributed by atoms with E-state index in [0.717, 1.165) is 34.2 Å². The number of amides is 1. The summed E-state index contributed by atoms with van der Waals surface area (Å²) in [5, 5.41) is 7.38. The second-order valence-electron chi connectivity index (χ2n) is 6.42. The van der Waals surface area contributed by atoms with Gasteiger partial charge in [-0.15, -0.1) is 0 Å². The molecule has 0 spiro atoms. The molecule has 0 saturated heterocycles. The van der Waals surface area contributed by atoms with Crippen molar-refractivity contribution in [2.75, 3.05) is 0 Å². The highest BCUT2D eigenvalue weighted by Crippen LogP contribution is 2.14. The minimum absolute atomic E-state index is 0.0322. The Morgan fingerprint density at radius 2 is 2.00 bits per heavy atom. The first-order valence-corrected chi connectivity index (χ1v) is 8.66. The van der Waals surface area contributed by atoms with Crippen LogP contribution in [0.4, 0.5) is 0 Å². The minimum Gasteiger partial charge on any atom is -0.352 e. The van der Waals surface area contributed by atoms with Crippen LogP contribution in [0.5, 0.6) is 0 Å². The molecule has 0 aliphatic carbocycles. The van der Waals surface area contributed by atoms with Crippen LogP contribution < -0.4 is 5.32 Å². The first-order valence-electron chi connectivity index (χ1n) is 8.66. The molecule has 0 aliphatic rings. The van der Waals surface area contributed by atoms with Crippen molar-refractivity contribution in [1.82, 2.24) is 29.6 Å². The molecule has 3 aromatic rings. The third kappa shape index (κ3) is 3.82. The SMILES string of the molecule is Cc1nn(C)c(C)c1CCC(=O)NCc1ccnc(-n2ccnc2C)c1. The van der Waals surface area contributed by atoms with Crippen LogP contribution in [0.3, 0.4) is 0 Å². The molecule has 26 heavy (non-hydrogen) atoms. The lowest BCUT2D eigenvalue weighted by molar-refractivity contribution is -0.121. The maximum Gasteiger partial charge on any atom is 0.220 e. The summed E-state index contributed by atoms with van der Waals surface area (Å²) < 4.78 is 3.78. The summed E-state index contributed by atoms with van der Waals surface area (Å²) in [5.41, 5.74) is 4.27. The summed E-state index contributed by atoms with van der Waals surface area (Å²) in [5.74, 6) is 1.71. The average molecular weight is 352 g/mol. The van der Waals surface area contributed by atoms with Gasteiger partial charge in [-0.05, 0) is 50.5 Å². The maximum atomic E-state index is 12.2. The first-order chi connectivity index (χ1) is 12.5. The van der Waals surface area contributed by atoms with E-state index in [1.807, 2.05) is 55.4 Å². The normalized spacial score (nSPS) is 10.9. The van der Waals surface area contributed by atoms with E-state index in [1.165, 1.54) is 0 Å². The standard InChI is InChI=1S/C19H24N6O/c1-13-17(14(2)24(4)23-13)5-6-19(26)22-12-16-7-8-21-18(11-16)25-10-9-20-15(25)3/h7-11H,5-6,12H2,1-4H3,(H,22,26). The third-order valence-electron chi connectivity index (χ3n) is 4.63. The Bertz CT molecular complexity index is 924. The molecule has 0 saturated carbocycles. The highest BCUT2D eigenvalue weighted by atomic mass is 16.1. The predicted octanol–water partition coefficient (Wildman–Crippen LogP) is 2.18. The summed E-state index contributed by atoms with van der Waals surface area (Å²) >= 11 is 0. The molecule has 7 nitrogen and oxygen atoms in total. The number of nitrogens with zero attached hydrogens (tertiary/aromatic N) is 5. The van der Waals surface area contributed by atoms with Crippen LogP contribution in [0.2, 0.25) is 0 Å². The summed E-state index contributed by atoms with van der Waals surface area (Å²) in [6, 6.07) is 3.87. The molecule has 3 rings (SSSR count). The number of carbonyl (C=O) groups is 1. The molecule has 3 heterocycles. The van der Waals surface area contributed by atoms with Crippen molar-refractivity contribution >= 4 is 5.91 Å². The smallest absolute Gasteiger partial charge is 0.220 e. The van der Waals surface area contributed by atoms with Crippen LogP contribution in [-0.2, 0) is 24.8 Å². The average Bonchev–Trinajstić information content (AvgIpc) is 3.15. The van der Waals surface area contributed by atoms with Crippen molar-refractivity contribution < 1.29 is 4.79 Å². The number of aromatic nitrogens is 5. The van der Waals surface area contributed by atoms with Gasteiger partial charge in [-0.1, -0.05) is 0 Å². The molecule has 0 radical (unpaired) electrons. The molecule has 0 aliphatic heterocycles. The van der Waals surface area contributed by atoms with Gasteiger partial charge in [0.05, 0.1) is 5.69 Å². The Labute approximate surface area is 153 Å². The van der Waals surface area contributed by atoms with Crippen LogP contribution in [0.15, 0.2) is 30.7 Å². The highest BCUT2D eigenvalue weighted by Gasteiger charge is 2.11. The quantitative estimate of drug-likeness (QED) is 0.737. The van der Waals surface area contributed by atoms with E-state index < -0.39 is 0 Å². The van der Waals surface area contributed by atoms with Crippen LogP contribution >= 0.6 is 0 Å². The van der Waals surface area contributed by atoms with Crippen molar-refractivity contribution in [2.45, 2.75) is 40.2 Å². The van der Waals surface area contributed by atoms with E-state index in [0.29, 0.717) is 19.4 Å². The van der Waals surface area contributed by atoms with Crippen molar-refractivity contribution in [2.24, 2.45) is 7.05 Å². The third-order valence-corrected chi connectivity index (χ3v) is 4.63. The van der Waals surface area contributed by atoms with Gasteiger partial charge in [0.15, 0.2) is 0 Å². The Hall–Kier alpha value is -2.96. The van der Waals surface area contributed by atoms with Crippen molar-refractivity contribution in [3.63, 3.8) is 0 Å². The van der Waals surface area contributed by atoms with E-state index in [1.54, 1.807) is 12.4 Å². The first kappa shape index (κ1) is 17.8. The van der Waals surface area contributed by atoms with E-state index in [2.05, 4.69) is 20.4 Å². The van der Waals surface area contributed by atoms with Gasteiger partial charge in [-0.25, -0.2) is 9.97 Å². The number of aryl methyl sites for hydroxylation is 3. The Kier molecular flexibility index (Phi) is 5.16. The van der Waals surface area contributed by atoms with Gasteiger partial charge >= 0.3 is 0 Å². The lowest BCUT2D eigenvalue weighted by Crippen LogP contribution is -2.23. The fraction of sp³-hybridized carbons (Fsp3) is 0.368. The molecule has 7 heteroatoms. The molecule has 0 aromatic carbocycles. The Balaban J connectivity index is 1.57. The lowest BCUT2D eigenvalue weighted by atomic mass is 10.1. The van der Waals surface area contributed by atoms with Gasteiger partial charge in [0.2, 0.25) is 5.91 Å². The second-order valence-corrected chi connectivity index (χ2v) is 6.42. The molecule has 0 bridgehead atoms. The van der Waals surface area contributed by atoms with E-state index in [-0.39, 0.29) is 5.91 Å². The van der Waals surface area contributed by atoms with Gasteiger partial charge in [0.1, 0.15) is 11.6 Å². The van der Waals surface area contributed by atoms with Gasteiger partial charge in [0, 0.05) is 44.3 Å². The molecule has 0 unspecified atom stereocenters. The summed E-state index contributed by atoms with van der Waals surface area (Å²) in [4.78, 5) is 20.8. The number of hydrogen-bond donors (Lipinski definition) is 1. The molecular formula is C19H24N6O. The highest BCUT2D eigenvalue weighted by molar-refractivity contribution is 5.76. The molecular weight excluding hydrogens is 328 g/mol. The molecule has 1 amide bonds. The Morgan fingerprint density at radius 1 is 1.19 bits per heavy atom. The van der Waals surface area contributed by atoms with Crippen LogP contribution in [0.25, 0.3) is 5.82 Å². The number of pyridine rings is 1. The Morgan fingerprint density at radius 3 is 2.65 bits per heavy atom. The van der Waals surface area contributed by atoms with Gasteiger partial charge < -0.3 is 5.32 Å². The van der Waals surface area contributed by atoms with Crippen molar-refractivity contribution in [3.8, 4) is 5.82 Å². The molecule has 0 atom stereocenters. The van der Waals surface area contributed by atoms with E-state index >= 15 is 0 Å². The van der Waals surface area contributed by atoms with Gasteiger partial charge in [-0.2, -0.15) is 5.10 Å². The zero-order valence-electron chi connectivity index (χ0n) is 15.7. The van der Waals surface area contributed by atoms with Crippen LogP contribution in [0, 0.1) is 20.8 Å². The topological polar surface area (TPSA) is 77.6 Å². The van der Waals surface area contributed by atoms with E-state index in [4.69, 9.17) is 0 Å². The number of nitrogens with one attached hydrogen (secondary N) is 1.